The number of hydrogen-bond acceptors (Lipinski definition) is 6. The summed E-state index contributed by atoms with van der Waals surface area (Å²) in [4.78, 5) is 21.9. The van der Waals surface area contributed by atoms with Crippen LogP contribution in [0.5, 0.6) is 11.6 Å². The van der Waals surface area contributed by atoms with Gasteiger partial charge in [-0.25, -0.2) is 14.5 Å². The van der Waals surface area contributed by atoms with E-state index < -0.39 is 0 Å². The summed E-state index contributed by atoms with van der Waals surface area (Å²) in [7, 11) is 1.62. The molecule has 3 heterocycles. The van der Waals surface area contributed by atoms with E-state index in [0.29, 0.717) is 28.7 Å². The first-order valence-electron chi connectivity index (χ1n) is 9.91. The first-order chi connectivity index (χ1) is 15.1. The zero-order valence-corrected chi connectivity index (χ0v) is 17.4. The molecule has 5 rings (SSSR count). The van der Waals surface area contributed by atoms with Gasteiger partial charge in [-0.15, -0.1) is 5.10 Å². The van der Waals surface area contributed by atoms with Gasteiger partial charge in [-0.2, -0.15) is 0 Å². The number of ether oxygens (including phenoxy) is 2. The minimum atomic E-state index is -0.379. The summed E-state index contributed by atoms with van der Waals surface area (Å²) in [5, 5.41) is 4.60. The first-order valence-corrected chi connectivity index (χ1v) is 9.91. The molecule has 0 bridgehead atoms. The van der Waals surface area contributed by atoms with Crippen molar-refractivity contribution in [3.05, 3.63) is 83.4 Å². The predicted octanol–water partition coefficient (Wildman–Crippen LogP) is 4.19. The highest BCUT2D eigenvalue weighted by atomic mass is 16.5. The lowest BCUT2D eigenvalue weighted by atomic mass is 9.82. The number of hydrogen-bond donors (Lipinski definition) is 0. The highest BCUT2D eigenvalue weighted by molar-refractivity contribution is 5.97. The largest absolute Gasteiger partial charge is 0.497 e. The topological polar surface area (TPSA) is 78.6 Å². The maximum absolute atomic E-state index is 12.7. The average Bonchev–Trinajstić information content (AvgIpc) is 3.23. The SMILES string of the molecule is COc1ccc(C2C(C(C)=O)=C(C)Oc3ncn4nc(-c5ccccc5)nc4c32)cc1. The molecule has 1 aliphatic heterocycles. The molecule has 1 aliphatic rings. The molecule has 0 saturated carbocycles. The van der Waals surface area contributed by atoms with Crippen LogP contribution in [-0.4, -0.2) is 32.5 Å². The van der Waals surface area contributed by atoms with E-state index in [4.69, 9.17) is 14.5 Å². The summed E-state index contributed by atoms with van der Waals surface area (Å²) in [6.45, 7) is 3.35. The van der Waals surface area contributed by atoms with E-state index in [-0.39, 0.29) is 11.7 Å². The van der Waals surface area contributed by atoms with E-state index in [1.807, 2.05) is 54.6 Å². The van der Waals surface area contributed by atoms with Crippen LogP contribution in [0.3, 0.4) is 0 Å². The maximum atomic E-state index is 12.7. The lowest BCUT2D eigenvalue weighted by molar-refractivity contribution is -0.114. The third-order valence-corrected chi connectivity index (χ3v) is 5.45. The van der Waals surface area contributed by atoms with Gasteiger partial charge in [-0.3, -0.25) is 4.79 Å². The Bertz CT molecular complexity index is 1320. The minimum Gasteiger partial charge on any atom is -0.497 e. The Morgan fingerprint density at radius 1 is 1.10 bits per heavy atom. The lowest BCUT2D eigenvalue weighted by Crippen LogP contribution is -2.22. The van der Waals surface area contributed by atoms with Crippen molar-refractivity contribution >= 4 is 11.4 Å². The summed E-state index contributed by atoms with van der Waals surface area (Å²) >= 11 is 0. The van der Waals surface area contributed by atoms with Crippen LogP contribution in [0.15, 0.2) is 72.3 Å². The van der Waals surface area contributed by atoms with Crippen molar-refractivity contribution in [1.82, 2.24) is 19.6 Å². The van der Waals surface area contributed by atoms with Crippen molar-refractivity contribution < 1.29 is 14.3 Å². The summed E-state index contributed by atoms with van der Waals surface area (Å²) in [5.41, 5.74) is 3.73. The van der Waals surface area contributed by atoms with Crippen LogP contribution in [0.25, 0.3) is 17.0 Å². The van der Waals surface area contributed by atoms with E-state index in [1.54, 1.807) is 31.8 Å². The Kier molecular flexibility index (Phi) is 4.51. The Hall–Kier alpha value is -4.00. The lowest BCUT2D eigenvalue weighted by Gasteiger charge is -2.28. The summed E-state index contributed by atoms with van der Waals surface area (Å²) in [6, 6.07) is 17.4. The number of aromatic nitrogens is 4. The Morgan fingerprint density at radius 3 is 2.52 bits per heavy atom. The number of benzene rings is 2. The van der Waals surface area contributed by atoms with Gasteiger partial charge >= 0.3 is 0 Å². The van der Waals surface area contributed by atoms with Gasteiger partial charge in [0.2, 0.25) is 5.88 Å². The number of methoxy groups -OCH3 is 1. The Labute approximate surface area is 179 Å². The fourth-order valence-corrected chi connectivity index (χ4v) is 4.03. The minimum absolute atomic E-state index is 0.0613. The molecule has 7 nitrogen and oxygen atoms in total. The van der Waals surface area contributed by atoms with E-state index >= 15 is 0 Å². The number of Topliss-reactive ketones (excluding diaryl/α,β-unsaturated/α-hetero) is 1. The number of allylic oxidation sites excluding steroid dienone is 2. The van der Waals surface area contributed by atoms with Crippen molar-refractivity contribution in [2.75, 3.05) is 7.11 Å². The van der Waals surface area contributed by atoms with Crippen molar-refractivity contribution in [1.29, 1.82) is 0 Å². The molecule has 0 amide bonds. The third kappa shape index (κ3) is 3.15. The van der Waals surface area contributed by atoms with E-state index in [0.717, 1.165) is 22.4 Å². The van der Waals surface area contributed by atoms with Crippen LogP contribution >= 0.6 is 0 Å². The molecule has 1 atom stereocenters. The number of ketones is 1. The quantitative estimate of drug-likeness (QED) is 0.500. The Balaban J connectivity index is 1.76. The standard InChI is InChI=1S/C24H20N4O3/c1-14(29)19-15(2)31-24-21(20(19)16-9-11-18(30-3)12-10-16)23-26-22(27-28(23)13-25-24)17-7-5-4-6-8-17/h4-13,20H,1-3H3. The van der Waals surface area contributed by atoms with Gasteiger partial charge in [0, 0.05) is 17.1 Å². The van der Waals surface area contributed by atoms with Crippen molar-refractivity contribution in [2.45, 2.75) is 19.8 Å². The smallest absolute Gasteiger partial charge is 0.228 e. The molecule has 0 aliphatic carbocycles. The highest BCUT2D eigenvalue weighted by Crippen LogP contribution is 2.44. The second kappa shape index (κ2) is 7.36. The van der Waals surface area contributed by atoms with Crippen LogP contribution in [0.2, 0.25) is 0 Å². The van der Waals surface area contributed by atoms with Gasteiger partial charge in [0.05, 0.1) is 12.7 Å². The molecule has 31 heavy (non-hydrogen) atoms. The van der Waals surface area contributed by atoms with Crippen LogP contribution in [0.4, 0.5) is 0 Å². The fourth-order valence-electron chi connectivity index (χ4n) is 4.03. The van der Waals surface area contributed by atoms with Gasteiger partial charge in [-0.05, 0) is 31.5 Å². The van der Waals surface area contributed by atoms with Crippen molar-refractivity contribution in [3.63, 3.8) is 0 Å². The van der Waals surface area contributed by atoms with Gasteiger partial charge in [0.15, 0.2) is 17.3 Å². The molecule has 4 aromatic rings. The van der Waals surface area contributed by atoms with E-state index in [1.165, 1.54) is 0 Å². The van der Waals surface area contributed by atoms with Gasteiger partial charge < -0.3 is 9.47 Å². The van der Waals surface area contributed by atoms with E-state index in [2.05, 4.69) is 10.1 Å². The van der Waals surface area contributed by atoms with Crippen LogP contribution in [0.1, 0.15) is 30.9 Å². The third-order valence-electron chi connectivity index (χ3n) is 5.45. The number of nitrogens with zero attached hydrogens (tertiary/aromatic N) is 4. The van der Waals surface area contributed by atoms with Crippen molar-refractivity contribution in [3.8, 4) is 23.0 Å². The molecule has 0 saturated heterocycles. The van der Waals surface area contributed by atoms with Gasteiger partial charge in [0.25, 0.3) is 0 Å². The zero-order chi connectivity index (χ0) is 21.5. The second-order valence-corrected chi connectivity index (χ2v) is 7.37. The normalized spacial score (nSPS) is 15.5. The number of rotatable bonds is 4. The number of fused-ring (bicyclic) bond motifs is 3. The van der Waals surface area contributed by atoms with Crippen LogP contribution < -0.4 is 9.47 Å². The fraction of sp³-hybridized carbons (Fsp3) is 0.167. The number of carbonyl (C=O) groups is 1. The number of carbonyl (C=O) groups excluding carboxylic acids is 1. The van der Waals surface area contributed by atoms with Crippen LogP contribution in [0, 0.1) is 0 Å². The molecule has 0 spiro atoms. The monoisotopic (exact) mass is 412 g/mol. The molecule has 0 N–H and O–H groups in total. The molecule has 2 aromatic heterocycles. The molecular weight excluding hydrogens is 392 g/mol. The second-order valence-electron chi connectivity index (χ2n) is 7.37. The maximum Gasteiger partial charge on any atom is 0.228 e. The zero-order valence-electron chi connectivity index (χ0n) is 17.4. The van der Waals surface area contributed by atoms with Crippen molar-refractivity contribution in [2.24, 2.45) is 0 Å². The highest BCUT2D eigenvalue weighted by Gasteiger charge is 2.36. The summed E-state index contributed by atoms with van der Waals surface area (Å²) in [5.74, 6) is 1.86. The van der Waals surface area contributed by atoms with Gasteiger partial charge in [-0.1, -0.05) is 42.5 Å². The molecule has 1 unspecified atom stereocenters. The molecule has 7 heteroatoms. The van der Waals surface area contributed by atoms with Crippen LogP contribution in [-0.2, 0) is 4.79 Å². The molecule has 2 aromatic carbocycles. The molecule has 0 radical (unpaired) electrons. The Morgan fingerprint density at radius 2 is 1.84 bits per heavy atom. The first kappa shape index (κ1) is 19.0. The predicted molar refractivity (Wildman–Crippen MR) is 115 cm³/mol. The molecular formula is C24H20N4O3. The van der Waals surface area contributed by atoms with E-state index in [9.17, 15) is 4.79 Å². The summed E-state index contributed by atoms with van der Waals surface area (Å²) in [6.07, 6.45) is 1.59. The van der Waals surface area contributed by atoms with Gasteiger partial charge in [0.1, 0.15) is 17.8 Å². The molecule has 154 valence electrons. The average molecular weight is 412 g/mol. The molecule has 0 fully saturated rings. The summed E-state index contributed by atoms with van der Waals surface area (Å²) < 4.78 is 12.9.